The Balaban J connectivity index is 2.36. The fraction of sp³-hybridized carbons (Fsp3) is 0.292. The zero-order chi connectivity index (χ0) is 26.2. The molecule has 0 bridgehead atoms. The Kier molecular flexibility index (Phi) is 9.93. The lowest BCUT2D eigenvalue weighted by Gasteiger charge is -2.19. The average molecular weight is 521 g/mol. The number of esters is 2. The Labute approximate surface area is 209 Å². The first-order chi connectivity index (χ1) is 16.6. The van der Waals surface area contributed by atoms with Gasteiger partial charge in [-0.1, -0.05) is 12.2 Å². The van der Waals surface area contributed by atoms with Crippen molar-refractivity contribution < 1.29 is 32.3 Å². The summed E-state index contributed by atoms with van der Waals surface area (Å²) < 4.78 is 37.0. The number of sulfonamides is 1. The molecule has 0 unspecified atom stereocenters. The molecule has 0 saturated heterocycles. The van der Waals surface area contributed by atoms with Crippen LogP contribution in [0.15, 0.2) is 54.5 Å². The molecule has 11 heteroatoms. The Morgan fingerprint density at radius 2 is 1.54 bits per heavy atom. The van der Waals surface area contributed by atoms with Gasteiger partial charge in [0.25, 0.3) is 5.91 Å². The Hall–Kier alpha value is -3.28. The summed E-state index contributed by atoms with van der Waals surface area (Å²) in [5, 5.41) is 2.76. The van der Waals surface area contributed by atoms with Gasteiger partial charge in [0, 0.05) is 18.7 Å². The van der Waals surface area contributed by atoms with Gasteiger partial charge in [-0.05, 0) is 50.6 Å². The first-order valence-electron chi connectivity index (χ1n) is 10.7. The SMILES string of the molecule is C=CCN(CC=C)S(=O)(=O)c1ccc(C(=O)Nc2sc(C(=O)OCC)c(C)c2C(=O)OCC)cc1. The Morgan fingerprint density at radius 1 is 1.00 bits per heavy atom. The van der Waals surface area contributed by atoms with Crippen molar-refractivity contribution in [1.82, 2.24) is 4.31 Å². The summed E-state index contributed by atoms with van der Waals surface area (Å²) in [6, 6.07) is 5.36. The molecule has 2 rings (SSSR count). The van der Waals surface area contributed by atoms with E-state index < -0.39 is 27.9 Å². The maximum Gasteiger partial charge on any atom is 0.348 e. The maximum absolute atomic E-state index is 12.9. The van der Waals surface area contributed by atoms with E-state index in [9.17, 15) is 22.8 Å². The Morgan fingerprint density at radius 3 is 2.06 bits per heavy atom. The van der Waals surface area contributed by atoms with E-state index in [1.807, 2.05) is 0 Å². The molecule has 0 aliphatic rings. The number of carbonyl (C=O) groups is 3. The molecule has 1 aromatic carbocycles. The van der Waals surface area contributed by atoms with Crippen LogP contribution < -0.4 is 5.32 Å². The zero-order valence-electron chi connectivity index (χ0n) is 19.8. The van der Waals surface area contributed by atoms with Gasteiger partial charge in [-0.15, -0.1) is 24.5 Å². The van der Waals surface area contributed by atoms with E-state index in [1.54, 1.807) is 20.8 Å². The highest BCUT2D eigenvalue weighted by Crippen LogP contribution is 2.34. The monoisotopic (exact) mass is 520 g/mol. The molecule has 1 aromatic heterocycles. The van der Waals surface area contributed by atoms with Crippen LogP contribution in [-0.2, 0) is 19.5 Å². The number of nitrogens with zero attached hydrogens (tertiary/aromatic N) is 1. The van der Waals surface area contributed by atoms with Crippen LogP contribution in [0.5, 0.6) is 0 Å². The molecule has 1 heterocycles. The quantitative estimate of drug-likeness (QED) is 0.332. The molecule has 0 aliphatic carbocycles. The van der Waals surface area contributed by atoms with Crippen molar-refractivity contribution in [3.63, 3.8) is 0 Å². The Bertz CT molecular complexity index is 1210. The van der Waals surface area contributed by atoms with Gasteiger partial charge in [0.05, 0.1) is 23.7 Å². The third-order valence-electron chi connectivity index (χ3n) is 4.73. The van der Waals surface area contributed by atoms with E-state index in [1.165, 1.54) is 40.7 Å². The van der Waals surface area contributed by atoms with Crippen LogP contribution >= 0.6 is 11.3 Å². The van der Waals surface area contributed by atoms with Crippen molar-refractivity contribution in [2.75, 3.05) is 31.6 Å². The molecule has 1 N–H and O–H groups in total. The highest BCUT2D eigenvalue weighted by molar-refractivity contribution is 7.89. The van der Waals surface area contributed by atoms with Gasteiger partial charge in [-0.3, -0.25) is 4.79 Å². The number of thiophene rings is 1. The lowest BCUT2D eigenvalue weighted by molar-refractivity contribution is 0.0527. The summed E-state index contributed by atoms with van der Waals surface area (Å²) in [5.74, 6) is -1.89. The summed E-state index contributed by atoms with van der Waals surface area (Å²) in [6.45, 7) is 12.5. The van der Waals surface area contributed by atoms with E-state index in [2.05, 4.69) is 18.5 Å². The van der Waals surface area contributed by atoms with Crippen molar-refractivity contribution in [1.29, 1.82) is 0 Å². The number of anilines is 1. The van der Waals surface area contributed by atoms with Crippen molar-refractivity contribution >= 4 is 44.2 Å². The molecule has 0 spiro atoms. The lowest BCUT2D eigenvalue weighted by Crippen LogP contribution is -2.31. The molecule has 0 aliphatic heterocycles. The minimum absolute atomic E-state index is 0.00141. The van der Waals surface area contributed by atoms with Crippen molar-refractivity contribution in [3.8, 4) is 0 Å². The maximum atomic E-state index is 12.9. The van der Waals surface area contributed by atoms with Gasteiger partial charge in [0.2, 0.25) is 10.0 Å². The van der Waals surface area contributed by atoms with Gasteiger partial charge in [-0.2, -0.15) is 4.31 Å². The molecular weight excluding hydrogens is 492 g/mol. The van der Waals surface area contributed by atoms with E-state index in [-0.39, 0.29) is 52.2 Å². The summed E-state index contributed by atoms with van der Waals surface area (Å²) in [5.41, 5.74) is 0.562. The number of nitrogens with one attached hydrogen (secondary N) is 1. The van der Waals surface area contributed by atoms with E-state index in [0.29, 0.717) is 5.56 Å². The van der Waals surface area contributed by atoms with E-state index in [4.69, 9.17) is 9.47 Å². The molecule has 1 amide bonds. The fourth-order valence-corrected chi connectivity index (χ4v) is 5.57. The summed E-state index contributed by atoms with van der Waals surface area (Å²) >= 11 is 0.905. The standard InChI is InChI=1S/C24H28N2O7S2/c1-6-14-26(15-7-2)35(30,31)18-12-10-17(11-13-18)21(27)25-22-19(23(28)32-8-3)16(5)20(34-22)24(29)33-9-4/h6-7,10-13H,1-2,8-9,14-15H2,3-5H3,(H,25,27). The summed E-state index contributed by atoms with van der Waals surface area (Å²) in [4.78, 5) is 37.9. The van der Waals surface area contributed by atoms with Crippen molar-refractivity contribution in [2.24, 2.45) is 0 Å². The molecule has 0 atom stereocenters. The van der Waals surface area contributed by atoms with Crippen molar-refractivity contribution in [2.45, 2.75) is 25.7 Å². The van der Waals surface area contributed by atoms with Crippen LogP contribution in [0.4, 0.5) is 5.00 Å². The first-order valence-corrected chi connectivity index (χ1v) is 13.0. The molecule has 35 heavy (non-hydrogen) atoms. The highest BCUT2D eigenvalue weighted by Gasteiger charge is 2.28. The molecule has 0 saturated carbocycles. The first kappa shape index (κ1) is 28.0. The van der Waals surface area contributed by atoms with Crippen LogP contribution in [0.1, 0.15) is 49.8 Å². The predicted molar refractivity (Wildman–Crippen MR) is 135 cm³/mol. The fourth-order valence-electron chi connectivity index (χ4n) is 3.10. The average Bonchev–Trinajstić information content (AvgIpc) is 3.15. The zero-order valence-corrected chi connectivity index (χ0v) is 21.5. The molecule has 9 nitrogen and oxygen atoms in total. The molecular formula is C24H28N2O7S2. The molecule has 0 fully saturated rings. The number of carbonyl (C=O) groups excluding carboxylic acids is 3. The summed E-state index contributed by atoms with van der Waals surface area (Å²) in [6.07, 6.45) is 2.94. The minimum Gasteiger partial charge on any atom is -0.462 e. The number of hydrogen-bond donors (Lipinski definition) is 1. The third kappa shape index (κ3) is 6.44. The summed E-state index contributed by atoms with van der Waals surface area (Å²) in [7, 11) is -3.82. The van der Waals surface area contributed by atoms with Gasteiger partial charge in [-0.25, -0.2) is 18.0 Å². The normalized spacial score (nSPS) is 11.1. The predicted octanol–water partition coefficient (Wildman–Crippen LogP) is 4.02. The molecule has 188 valence electrons. The van der Waals surface area contributed by atoms with Gasteiger partial charge < -0.3 is 14.8 Å². The van der Waals surface area contributed by atoms with Gasteiger partial charge in [0.1, 0.15) is 9.88 Å². The lowest BCUT2D eigenvalue weighted by atomic mass is 10.1. The minimum atomic E-state index is -3.82. The highest BCUT2D eigenvalue weighted by atomic mass is 32.2. The number of benzene rings is 1. The second-order valence-electron chi connectivity index (χ2n) is 7.08. The van der Waals surface area contributed by atoms with E-state index in [0.717, 1.165) is 11.3 Å². The number of amides is 1. The van der Waals surface area contributed by atoms with Crippen LogP contribution in [0.25, 0.3) is 0 Å². The topological polar surface area (TPSA) is 119 Å². The van der Waals surface area contributed by atoms with Crippen molar-refractivity contribution in [3.05, 3.63) is 71.1 Å². The molecule has 2 aromatic rings. The second kappa shape index (κ2) is 12.4. The van der Waals surface area contributed by atoms with Crippen LogP contribution in [0.3, 0.4) is 0 Å². The third-order valence-corrected chi connectivity index (χ3v) is 7.77. The second-order valence-corrected chi connectivity index (χ2v) is 10.0. The smallest absolute Gasteiger partial charge is 0.348 e. The molecule has 0 radical (unpaired) electrons. The van der Waals surface area contributed by atoms with E-state index >= 15 is 0 Å². The van der Waals surface area contributed by atoms with Crippen LogP contribution in [0, 0.1) is 6.92 Å². The van der Waals surface area contributed by atoms with Gasteiger partial charge in [0.15, 0.2) is 0 Å². The number of ether oxygens (including phenoxy) is 2. The number of rotatable bonds is 12. The van der Waals surface area contributed by atoms with Crippen LogP contribution in [0.2, 0.25) is 0 Å². The van der Waals surface area contributed by atoms with Crippen LogP contribution in [-0.4, -0.2) is 56.9 Å². The number of hydrogen-bond acceptors (Lipinski definition) is 8. The van der Waals surface area contributed by atoms with Gasteiger partial charge >= 0.3 is 11.9 Å². The largest absolute Gasteiger partial charge is 0.462 e.